The molecule has 22 heavy (non-hydrogen) atoms. The Morgan fingerprint density at radius 3 is 1.95 bits per heavy atom. The highest BCUT2D eigenvalue weighted by Crippen LogP contribution is 2.12. The monoisotopic (exact) mass is 311 g/mol. The lowest BCUT2D eigenvalue weighted by Gasteiger charge is -2.31. The molecular weight excluding hydrogens is 278 g/mol. The zero-order valence-electron chi connectivity index (χ0n) is 13.9. The van der Waals surface area contributed by atoms with Gasteiger partial charge in [-0.2, -0.15) is 0 Å². The molecule has 0 aliphatic carbocycles. The molecule has 3 heterocycles. The first kappa shape index (κ1) is 17.6. The summed E-state index contributed by atoms with van der Waals surface area (Å²) in [5.74, 6) is 1.02. The zero-order valence-corrected chi connectivity index (χ0v) is 13.9. The van der Waals surface area contributed by atoms with Crippen molar-refractivity contribution in [2.45, 2.75) is 6.92 Å². The maximum Gasteiger partial charge on any atom is 0.0994 e. The highest BCUT2D eigenvalue weighted by molar-refractivity contribution is 5.83. The van der Waals surface area contributed by atoms with Crippen molar-refractivity contribution >= 4 is 5.84 Å². The first-order chi connectivity index (χ1) is 10.7. The molecule has 1 fully saturated rings. The van der Waals surface area contributed by atoms with Gasteiger partial charge in [-0.05, 0) is 0 Å². The van der Waals surface area contributed by atoms with Gasteiger partial charge in [-0.25, -0.2) is 0 Å². The third kappa shape index (κ3) is 6.18. The van der Waals surface area contributed by atoms with E-state index in [1.165, 1.54) is 0 Å². The first-order valence-corrected chi connectivity index (χ1v) is 8.53. The number of hydrogen-bond acceptors (Lipinski definition) is 7. The van der Waals surface area contributed by atoms with Crippen LogP contribution in [0.2, 0.25) is 0 Å². The Labute approximate surface area is 134 Å². The number of nitrogens with one attached hydrogen (secondary N) is 5. The average molecular weight is 311 g/mol. The Morgan fingerprint density at radius 1 is 0.864 bits per heavy atom. The van der Waals surface area contributed by atoms with Crippen LogP contribution in [-0.2, 0) is 0 Å². The molecular formula is C15H33N7. The molecule has 7 heteroatoms. The Balaban J connectivity index is 2.08. The third-order valence-corrected chi connectivity index (χ3v) is 4.40. The summed E-state index contributed by atoms with van der Waals surface area (Å²) in [6.07, 6.45) is 0. The molecule has 3 aliphatic rings. The highest BCUT2D eigenvalue weighted by atomic mass is 15.0. The molecule has 3 rings (SSSR count). The smallest absolute Gasteiger partial charge is 0.0994 e. The second-order valence-electron chi connectivity index (χ2n) is 6.75. The molecule has 0 aromatic rings. The van der Waals surface area contributed by atoms with Gasteiger partial charge in [0.05, 0.1) is 12.4 Å². The van der Waals surface area contributed by atoms with Gasteiger partial charge < -0.3 is 32.3 Å². The Hall–Kier alpha value is -0.730. The molecule has 0 unspecified atom stereocenters. The van der Waals surface area contributed by atoms with Crippen molar-refractivity contribution in [2.24, 2.45) is 22.1 Å². The minimum absolute atomic E-state index is 0.200. The largest absolute Gasteiger partial charge is 0.387 e. The normalized spacial score (nSPS) is 33.7. The number of fused-ring (bicyclic) bond motifs is 14. The third-order valence-electron chi connectivity index (χ3n) is 4.40. The van der Waals surface area contributed by atoms with Crippen LogP contribution in [0.5, 0.6) is 0 Å². The summed E-state index contributed by atoms with van der Waals surface area (Å²) in [4.78, 5) is 4.56. The van der Waals surface area contributed by atoms with E-state index in [1.807, 2.05) is 0 Å². The lowest BCUT2D eigenvalue weighted by atomic mass is 9.90. The van der Waals surface area contributed by atoms with Crippen molar-refractivity contribution in [3.8, 4) is 0 Å². The predicted octanol–water partition coefficient (Wildman–Crippen LogP) is -2.06. The maximum absolute atomic E-state index is 6.19. The van der Waals surface area contributed by atoms with Crippen LogP contribution >= 0.6 is 0 Å². The molecule has 0 aromatic carbocycles. The van der Waals surface area contributed by atoms with E-state index in [-0.39, 0.29) is 11.3 Å². The summed E-state index contributed by atoms with van der Waals surface area (Å²) in [6, 6.07) is 0. The van der Waals surface area contributed by atoms with E-state index in [0.717, 1.165) is 77.8 Å². The molecule has 0 atom stereocenters. The van der Waals surface area contributed by atoms with Crippen LogP contribution in [0.15, 0.2) is 4.99 Å². The minimum atomic E-state index is 0.200. The van der Waals surface area contributed by atoms with E-state index in [2.05, 4.69) is 38.5 Å². The summed E-state index contributed by atoms with van der Waals surface area (Å²) in [7, 11) is 0. The molecule has 0 spiro atoms. The molecule has 0 amide bonds. The standard InChI is InChI=1S/C15H33N7/c1-15-10-19-4-2-17-8-13(9-18-3-5-20-11-15)14(16)22-7-6-21-12-15/h13,17-21H,2-12H2,1H3,(H2,16,22). The summed E-state index contributed by atoms with van der Waals surface area (Å²) < 4.78 is 0. The van der Waals surface area contributed by atoms with Crippen LogP contribution in [0.1, 0.15) is 6.92 Å². The van der Waals surface area contributed by atoms with Crippen LogP contribution < -0.4 is 32.3 Å². The highest BCUT2D eigenvalue weighted by Gasteiger charge is 2.23. The molecule has 0 saturated carbocycles. The minimum Gasteiger partial charge on any atom is -0.387 e. The van der Waals surface area contributed by atoms with E-state index >= 15 is 0 Å². The zero-order chi connectivity index (χ0) is 15.7. The van der Waals surface area contributed by atoms with Gasteiger partial charge >= 0.3 is 0 Å². The number of hydrogen-bond donors (Lipinski definition) is 6. The van der Waals surface area contributed by atoms with Crippen LogP contribution in [0, 0.1) is 11.3 Å². The van der Waals surface area contributed by atoms with Crippen LogP contribution in [-0.4, -0.2) is 77.8 Å². The lowest BCUT2D eigenvalue weighted by Crippen LogP contribution is -2.50. The van der Waals surface area contributed by atoms with Gasteiger partial charge in [-0.1, -0.05) is 6.92 Å². The van der Waals surface area contributed by atoms with Gasteiger partial charge in [0.15, 0.2) is 0 Å². The molecule has 128 valence electrons. The Morgan fingerprint density at radius 2 is 1.36 bits per heavy atom. The number of amidine groups is 1. The number of nitrogens with zero attached hydrogens (tertiary/aromatic N) is 1. The first-order valence-electron chi connectivity index (χ1n) is 8.53. The van der Waals surface area contributed by atoms with Crippen molar-refractivity contribution < 1.29 is 0 Å². The average Bonchev–Trinajstić information content (AvgIpc) is 2.50. The fourth-order valence-electron chi connectivity index (χ4n) is 2.94. The van der Waals surface area contributed by atoms with Gasteiger partial charge in [0.25, 0.3) is 0 Å². The van der Waals surface area contributed by atoms with Crippen LogP contribution in [0.4, 0.5) is 0 Å². The van der Waals surface area contributed by atoms with Gasteiger partial charge in [0.2, 0.25) is 0 Å². The quantitative estimate of drug-likeness (QED) is 0.308. The second kappa shape index (κ2) is 9.42. The van der Waals surface area contributed by atoms with Crippen LogP contribution in [0.25, 0.3) is 0 Å². The van der Waals surface area contributed by atoms with Gasteiger partial charge in [-0.3, -0.25) is 4.99 Å². The molecule has 3 aliphatic heterocycles. The van der Waals surface area contributed by atoms with E-state index in [0.29, 0.717) is 0 Å². The van der Waals surface area contributed by atoms with Crippen molar-refractivity contribution in [3.63, 3.8) is 0 Å². The van der Waals surface area contributed by atoms with Crippen molar-refractivity contribution in [1.82, 2.24) is 26.6 Å². The molecule has 0 radical (unpaired) electrons. The molecule has 7 N–H and O–H groups in total. The van der Waals surface area contributed by atoms with E-state index in [9.17, 15) is 0 Å². The fourth-order valence-corrected chi connectivity index (χ4v) is 2.94. The second-order valence-corrected chi connectivity index (χ2v) is 6.75. The summed E-state index contributed by atoms with van der Waals surface area (Å²) >= 11 is 0. The van der Waals surface area contributed by atoms with Crippen molar-refractivity contribution in [1.29, 1.82) is 0 Å². The molecule has 0 aromatic heterocycles. The molecule has 7 nitrogen and oxygen atoms in total. The van der Waals surface area contributed by atoms with Gasteiger partial charge in [-0.15, -0.1) is 0 Å². The maximum atomic E-state index is 6.19. The summed E-state index contributed by atoms with van der Waals surface area (Å²) in [5, 5.41) is 17.7. The Kier molecular flexibility index (Phi) is 7.54. The van der Waals surface area contributed by atoms with E-state index in [4.69, 9.17) is 5.73 Å². The SMILES string of the molecule is CC12CNCCN=C(N)C(CNCCNC1)CNCCNC2. The lowest BCUT2D eigenvalue weighted by molar-refractivity contribution is 0.274. The van der Waals surface area contributed by atoms with Gasteiger partial charge in [0, 0.05) is 76.8 Å². The molecule has 1 saturated heterocycles. The van der Waals surface area contributed by atoms with Gasteiger partial charge in [0.1, 0.15) is 0 Å². The van der Waals surface area contributed by atoms with E-state index in [1.54, 1.807) is 0 Å². The Bertz CT molecular complexity index is 329. The number of aliphatic imine (C=N–C) groups is 1. The number of rotatable bonds is 0. The van der Waals surface area contributed by atoms with Crippen molar-refractivity contribution in [3.05, 3.63) is 0 Å². The topological polar surface area (TPSA) is 98.5 Å². The summed E-state index contributed by atoms with van der Waals surface area (Å²) in [5.41, 5.74) is 6.39. The molecule has 2 bridgehead atoms. The summed E-state index contributed by atoms with van der Waals surface area (Å²) in [6.45, 7) is 12.6. The van der Waals surface area contributed by atoms with Crippen LogP contribution in [0.3, 0.4) is 0 Å². The predicted molar refractivity (Wildman–Crippen MR) is 92.4 cm³/mol. The fraction of sp³-hybridized carbons (Fsp3) is 0.933. The number of nitrogens with two attached hydrogens (primary N) is 1. The van der Waals surface area contributed by atoms with Crippen molar-refractivity contribution in [2.75, 3.05) is 72.0 Å². The van der Waals surface area contributed by atoms with E-state index < -0.39 is 0 Å².